The Labute approximate surface area is 135 Å². The van der Waals surface area contributed by atoms with Gasteiger partial charge in [0, 0.05) is 24.8 Å². The molecule has 0 spiro atoms. The molecule has 0 bridgehead atoms. The lowest BCUT2D eigenvalue weighted by Gasteiger charge is -2.13. The topological polar surface area (TPSA) is 64.7 Å². The molecule has 2 aromatic heterocycles. The number of aryl methyl sites for hydroxylation is 2. The lowest BCUT2D eigenvalue weighted by Crippen LogP contribution is -2.31. The molecule has 0 aromatic carbocycles. The van der Waals surface area contributed by atoms with Crippen LogP contribution in [0.1, 0.15) is 29.6 Å². The molecule has 0 fully saturated rings. The number of aromatic nitrogens is 4. The zero-order chi connectivity index (χ0) is 16.4. The van der Waals surface area contributed by atoms with Gasteiger partial charge in [-0.2, -0.15) is 10.2 Å². The standard InChI is InChI=1S/C15H22ClN5O/c1-9(8-21-12(4)14(16)10(2)19-21)15(22)17-6-13-7-18-20(5)11(13)3/h7,9H,6,8H2,1-5H3,(H,17,22). The SMILES string of the molecule is Cc1nn(CC(C)C(=O)NCc2cnn(C)c2C)c(C)c1Cl. The van der Waals surface area contributed by atoms with Crippen molar-refractivity contribution in [3.63, 3.8) is 0 Å². The summed E-state index contributed by atoms with van der Waals surface area (Å²) in [5.74, 6) is -0.196. The lowest BCUT2D eigenvalue weighted by molar-refractivity contribution is -0.125. The number of rotatable bonds is 5. The molecule has 2 heterocycles. The molecule has 2 rings (SSSR count). The Morgan fingerprint density at radius 1 is 1.36 bits per heavy atom. The average molecular weight is 324 g/mol. The number of carbonyl (C=O) groups excluding carboxylic acids is 1. The Morgan fingerprint density at radius 3 is 2.55 bits per heavy atom. The van der Waals surface area contributed by atoms with E-state index in [2.05, 4.69) is 15.5 Å². The monoisotopic (exact) mass is 323 g/mol. The minimum atomic E-state index is -0.189. The van der Waals surface area contributed by atoms with Crippen LogP contribution in [0, 0.1) is 26.7 Å². The number of carbonyl (C=O) groups is 1. The highest BCUT2D eigenvalue weighted by Gasteiger charge is 2.17. The molecule has 7 heteroatoms. The third kappa shape index (κ3) is 3.32. The van der Waals surface area contributed by atoms with Crippen LogP contribution >= 0.6 is 11.6 Å². The first-order chi connectivity index (χ1) is 10.3. The van der Waals surface area contributed by atoms with Crippen LogP contribution in [-0.4, -0.2) is 25.5 Å². The van der Waals surface area contributed by atoms with Gasteiger partial charge in [0.05, 0.1) is 35.1 Å². The van der Waals surface area contributed by atoms with E-state index in [9.17, 15) is 4.79 Å². The second-order valence-electron chi connectivity index (χ2n) is 5.66. The van der Waals surface area contributed by atoms with Crippen LogP contribution in [0.4, 0.5) is 0 Å². The first-order valence-corrected chi connectivity index (χ1v) is 7.63. The zero-order valence-electron chi connectivity index (χ0n) is 13.6. The summed E-state index contributed by atoms with van der Waals surface area (Å²) in [6, 6.07) is 0. The molecular formula is C15H22ClN5O. The van der Waals surface area contributed by atoms with E-state index in [0.29, 0.717) is 18.1 Å². The number of amides is 1. The average Bonchev–Trinajstić information content (AvgIpc) is 2.92. The molecule has 0 saturated heterocycles. The fourth-order valence-corrected chi connectivity index (χ4v) is 2.40. The van der Waals surface area contributed by atoms with Crippen molar-refractivity contribution in [3.05, 3.63) is 33.9 Å². The van der Waals surface area contributed by atoms with E-state index in [0.717, 1.165) is 22.6 Å². The molecule has 0 aliphatic carbocycles. The third-order valence-electron chi connectivity index (χ3n) is 3.98. The molecule has 1 amide bonds. The summed E-state index contributed by atoms with van der Waals surface area (Å²) in [6.07, 6.45) is 1.78. The molecule has 6 nitrogen and oxygen atoms in total. The number of nitrogens with zero attached hydrogens (tertiary/aromatic N) is 4. The van der Waals surface area contributed by atoms with Crippen molar-refractivity contribution in [2.75, 3.05) is 0 Å². The maximum Gasteiger partial charge on any atom is 0.224 e. The van der Waals surface area contributed by atoms with Crippen LogP contribution in [0.3, 0.4) is 0 Å². The Balaban J connectivity index is 1.94. The summed E-state index contributed by atoms with van der Waals surface area (Å²) in [4.78, 5) is 12.2. The predicted octanol–water partition coefficient (Wildman–Crippen LogP) is 2.15. The lowest BCUT2D eigenvalue weighted by atomic mass is 10.1. The Morgan fingerprint density at radius 2 is 2.05 bits per heavy atom. The van der Waals surface area contributed by atoms with E-state index in [1.807, 2.05) is 34.7 Å². The van der Waals surface area contributed by atoms with Gasteiger partial charge in [-0.3, -0.25) is 14.2 Å². The van der Waals surface area contributed by atoms with E-state index in [4.69, 9.17) is 11.6 Å². The van der Waals surface area contributed by atoms with Crippen LogP contribution in [0.15, 0.2) is 6.20 Å². The van der Waals surface area contributed by atoms with E-state index < -0.39 is 0 Å². The van der Waals surface area contributed by atoms with E-state index >= 15 is 0 Å². The summed E-state index contributed by atoms with van der Waals surface area (Å²) in [7, 11) is 1.88. The van der Waals surface area contributed by atoms with Gasteiger partial charge in [-0.05, 0) is 20.8 Å². The number of hydrogen-bond acceptors (Lipinski definition) is 3. The van der Waals surface area contributed by atoms with E-state index in [1.165, 1.54) is 0 Å². The molecule has 22 heavy (non-hydrogen) atoms. The normalized spacial score (nSPS) is 12.5. The molecule has 1 atom stereocenters. The first kappa shape index (κ1) is 16.5. The second kappa shape index (κ2) is 6.52. The highest BCUT2D eigenvalue weighted by molar-refractivity contribution is 6.31. The Kier molecular flexibility index (Phi) is 4.90. The summed E-state index contributed by atoms with van der Waals surface area (Å²) in [6.45, 7) is 8.64. The fraction of sp³-hybridized carbons (Fsp3) is 0.533. The highest BCUT2D eigenvalue weighted by Crippen LogP contribution is 2.19. The van der Waals surface area contributed by atoms with Gasteiger partial charge in [0.25, 0.3) is 0 Å². The number of hydrogen-bond donors (Lipinski definition) is 1. The number of halogens is 1. The molecule has 0 aliphatic heterocycles. The first-order valence-electron chi connectivity index (χ1n) is 7.26. The van der Waals surface area contributed by atoms with E-state index in [-0.39, 0.29) is 11.8 Å². The van der Waals surface area contributed by atoms with Crippen LogP contribution in [0.5, 0.6) is 0 Å². The summed E-state index contributed by atoms with van der Waals surface area (Å²) < 4.78 is 3.58. The molecular weight excluding hydrogens is 302 g/mol. The minimum Gasteiger partial charge on any atom is -0.352 e. The van der Waals surface area contributed by atoms with Gasteiger partial charge in [0.15, 0.2) is 0 Å². The fourth-order valence-electron chi connectivity index (χ4n) is 2.27. The maximum absolute atomic E-state index is 12.2. The number of nitrogens with one attached hydrogen (secondary N) is 1. The highest BCUT2D eigenvalue weighted by atomic mass is 35.5. The summed E-state index contributed by atoms with van der Waals surface area (Å²) in [5.41, 5.74) is 3.76. The van der Waals surface area contributed by atoms with Crippen molar-refractivity contribution in [1.29, 1.82) is 0 Å². The maximum atomic E-state index is 12.2. The van der Waals surface area contributed by atoms with E-state index in [1.54, 1.807) is 15.6 Å². The smallest absolute Gasteiger partial charge is 0.224 e. The van der Waals surface area contributed by atoms with Crippen LogP contribution < -0.4 is 5.32 Å². The molecule has 120 valence electrons. The van der Waals surface area contributed by atoms with Crippen molar-refractivity contribution in [3.8, 4) is 0 Å². The second-order valence-corrected chi connectivity index (χ2v) is 6.04. The molecule has 0 radical (unpaired) electrons. The third-order valence-corrected chi connectivity index (χ3v) is 4.52. The van der Waals surface area contributed by atoms with Gasteiger partial charge in [-0.25, -0.2) is 0 Å². The van der Waals surface area contributed by atoms with Crippen molar-refractivity contribution in [2.24, 2.45) is 13.0 Å². The summed E-state index contributed by atoms with van der Waals surface area (Å²) >= 11 is 6.13. The van der Waals surface area contributed by atoms with Crippen molar-refractivity contribution in [2.45, 2.75) is 40.8 Å². The van der Waals surface area contributed by atoms with Gasteiger partial charge >= 0.3 is 0 Å². The zero-order valence-corrected chi connectivity index (χ0v) is 14.4. The van der Waals surface area contributed by atoms with Gasteiger partial charge in [-0.1, -0.05) is 18.5 Å². The minimum absolute atomic E-state index is 0.00747. The van der Waals surface area contributed by atoms with Crippen LogP contribution in [0.25, 0.3) is 0 Å². The molecule has 2 aromatic rings. The van der Waals surface area contributed by atoms with Crippen LogP contribution in [0.2, 0.25) is 5.02 Å². The Bertz CT molecular complexity index is 688. The van der Waals surface area contributed by atoms with Gasteiger partial charge in [0.2, 0.25) is 5.91 Å². The molecule has 0 aliphatic rings. The molecule has 1 N–H and O–H groups in total. The molecule has 0 saturated carbocycles. The summed E-state index contributed by atoms with van der Waals surface area (Å²) in [5, 5.41) is 12.1. The van der Waals surface area contributed by atoms with Crippen molar-refractivity contribution in [1.82, 2.24) is 24.9 Å². The van der Waals surface area contributed by atoms with Crippen molar-refractivity contribution >= 4 is 17.5 Å². The molecule has 1 unspecified atom stereocenters. The predicted molar refractivity (Wildman–Crippen MR) is 85.7 cm³/mol. The Hall–Kier alpha value is -1.82. The van der Waals surface area contributed by atoms with Crippen LogP contribution in [-0.2, 0) is 24.9 Å². The quantitative estimate of drug-likeness (QED) is 0.917. The van der Waals surface area contributed by atoms with Crippen molar-refractivity contribution < 1.29 is 4.79 Å². The van der Waals surface area contributed by atoms with Gasteiger partial charge < -0.3 is 5.32 Å². The van der Waals surface area contributed by atoms with Gasteiger partial charge in [-0.15, -0.1) is 0 Å². The van der Waals surface area contributed by atoms with Gasteiger partial charge in [0.1, 0.15) is 0 Å². The largest absolute Gasteiger partial charge is 0.352 e.